The molecule has 6 rings (SSSR count). The van der Waals surface area contributed by atoms with Crippen molar-refractivity contribution in [3.63, 3.8) is 0 Å². The van der Waals surface area contributed by atoms with Gasteiger partial charge in [0.1, 0.15) is 33.6 Å². The third kappa shape index (κ3) is 31.9. The van der Waals surface area contributed by atoms with Crippen molar-refractivity contribution in [2.24, 2.45) is 45.8 Å². The molecule has 0 bridgehead atoms. The SMILES string of the molecule is C.C.CCC(C)(C)C(=O)OC1(C(C)C)CCCCC1.CCC(C)(C)C(=O)OC1(C)CCCCC1.CCC(C)C(=O)OC1(C(C)C)CCCCC1.CCC(C)C(=O)OC1(C)CCCCC1.CCC(C)C(=O)OC1(CC)CCCCC1.CCC1(OC(=O)C(C)(C)CC)CCCCC1. The second-order valence-corrected chi connectivity index (χ2v) is 32.8. The van der Waals surface area contributed by atoms with Gasteiger partial charge in [0.15, 0.2) is 0 Å². The molecule has 0 N–H and O–H groups in total. The molecule has 0 aliphatic heterocycles. The van der Waals surface area contributed by atoms with Crippen molar-refractivity contribution in [2.75, 3.05) is 0 Å². The lowest BCUT2D eigenvalue weighted by atomic mass is 9.76. The molecule has 0 aromatic rings. The van der Waals surface area contributed by atoms with Crippen LogP contribution >= 0.6 is 0 Å². The zero-order valence-electron chi connectivity index (χ0n) is 65.2. The molecule has 3 atom stereocenters. The van der Waals surface area contributed by atoms with Gasteiger partial charge < -0.3 is 28.4 Å². The highest BCUT2D eigenvalue weighted by atomic mass is 16.6. The molecule has 6 saturated carbocycles. The van der Waals surface area contributed by atoms with Crippen molar-refractivity contribution in [3.8, 4) is 0 Å². The molecular formula is C83H158O12. The molecule has 0 radical (unpaired) electrons. The summed E-state index contributed by atoms with van der Waals surface area (Å²) in [6.07, 6.45) is 41.7. The molecule has 6 aliphatic rings. The predicted molar refractivity (Wildman–Crippen MR) is 397 cm³/mol. The number of rotatable bonds is 22. The van der Waals surface area contributed by atoms with Crippen LogP contribution in [0.3, 0.4) is 0 Å². The molecule has 6 fully saturated rings. The monoisotopic (exact) mass is 1350 g/mol. The molecule has 0 amide bonds. The molecule has 12 heteroatoms. The van der Waals surface area contributed by atoms with Gasteiger partial charge in [-0.2, -0.15) is 0 Å². The fourth-order valence-electron chi connectivity index (χ4n) is 13.1. The summed E-state index contributed by atoms with van der Waals surface area (Å²) in [5.41, 5.74) is -2.01. The van der Waals surface area contributed by atoms with Crippen molar-refractivity contribution in [1.29, 1.82) is 0 Å². The first-order chi connectivity index (χ1) is 43.4. The van der Waals surface area contributed by atoms with Gasteiger partial charge in [-0.1, -0.05) is 157 Å². The van der Waals surface area contributed by atoms with Crippen molar-refractivity contribution in [1.82, 2.24) is 0 Å². The van der Waals surface area contributed by atoms with E-state index in [1.807, 2.05) is 104 Å². The Hall–Kier alpha value is -3.18. The van der Waals surface area contributed by atoms with Gasteiger partial charge in [-0.25, -0.2) is 0 Å². The molecule has 95 heavy (non-hydrogen) atoms. The van der Waals surface area contributed by atoms with Gasteiger partial charge in [0, 0.05) is 0 Å². The summed E-state index contributed by atoms with van der Waals surface area (Å²) in [4.78, 5) is 71.6. The van der Waals surface area contributed by atoms with E-state index in [1.54, 1.807) is 0 Å². The largest absolute Gasteiger partial charge is 0.459 e. The molecule has 6 aliphatic carbocycles. The number of hydrogen-bond acceptors (Lipinski definition) is 12. The summed E-state index contributed by atoms with van der Waals surface area (Å²) in [5, 5.41) is 0. The summed E-state index contributed by atoms with van der Waals surface area (Å²) in [5.74, 6) is 0.905. The van der Waals surface area contributed by atoms with E-state index < -0.39 is 0 Å². The fraction of sp³-hybridized carbons (Fsp3) is 0.928. The Morgan fingerprint density at radius 3 is 0.821 bits per heavy atom. The van der Waals surface area contributed by atoms with Crippen molar-refractivity contribution >= 4 is 35.8 Å². The topological polar surface area (TPSA) is 158 Å². The summed E-state index contributed by atoms with van der Waals surface area (Å²) in [7, 11) is 0. The zero-order valence-corrected chi connectivity index (χ0v) is 65.2. The van der Waals surface area contributed by atoms with Gasteiger partial charge in [-0.05, 0) is 273 Å². The van der Waals surface area contributed by atoms with Gasteiger partial charge in [0.2, 0.25) is 0 Å². The van der Waals surface area contributed by atoms with Gasteiger partial charge >= 0.3 is 35.8 Å². The van der Waals surface area contributed by atoms with Crippen LogP contribution in [0.5, 0.6) is 0 Å². The van der Waals surface area contributed by atoms with E-state index in [0.29, 0.717) is 11.8 Å². The quantitative estimate of drug-likeness (QED) is 0.0747. The average Bonchev–Trinajstić information content (AvgIpc) is 0.851. The van der Waals surface area contributed by atoms with Crippen molar-refractivity contribution < 1.29 is 57.2 Å². The Balaban J connectivity index is 0. The first kappa shape index (κ1) is 93.9. The van der Waals surface area contributed by atoms with Gasteiger partial charge in [0.25, 0.3) is 0 Å². The lowest BCUT2D eigenvalue weighted by molar-refractivity contribution is -0.180. The van der Waals surface area contributed by atoms with Gasteiger partial charge in [-0.3, -0.25) is 28.8 Å². The second kappa shape index (κ2) is 44.8. The van der Waals surface area contributed by atoms with Crippen LogP contribution in [0, 0.1) is 45.8 Å². The first-order valence-corrected chi connectivity index (χ1v) is 38.8. The molecule has 0 saturated heterocycles. The van der Waals surface area contributed by atoms with E-state index >= 15 is 0 Å². The number of carbonyl (C=O) groups excluding carboxylic acids is 6. The molecule has 12 nitrogen and oxygen atoms in total. The number of ether oxygens (including phenoxy) is 6. The minimum atomic E-state index is -0.348. The van der Waals surface area contributed by atoms with E-state index in [2.05, 4.69) is 55.4 Å². The Kier molecular flexibility index (Phi) is 44.3. The molecule has 0 spiro atoms. The Morgan fingerprint density at radius 2 is 0.537 bits per heavy atom. The molecule has 0 aromatic heterocycles. The third-order valence-electron chi connectivity index (χ3n) is 23.4. The van der Waals surface area contributed by atoms with Gasteiger partial charge in [0.05, 0.1) is 34.0 Å². The number of carbonyl (C=O) groups is 6. The molecule has 0 heterocycles. The molecule has 3 unspecified atom stereocenters. The summed E-state index contributed by atoms with van der Waals surface area (Å²) in [6.45, 7) is 47.0. The first-order valence-electron chi connectivity index (χ1n) is 38.8. The van der Waals surface area contributed by atoms with Crippen LogP contribution in [-0.4, -0.2) is 69.4 Å². The highest BCUT2D eigenvalue weighted by molar-refractivity contribution is 5.77. The smallest absolute Gasteiger partial charge is 0.312 e. The van der Waals surface area contributed by atoms with E-state index in [4.69, 9.17) is 28.4 Å². The number of hydrogen-bond donors (Lipinski definition) is 0. The fourth-order valence-corrected chi connectivity index (χ4v) is 13.1. The Labute approximate surface area is 587 Å². The second-order valence-electron chi connectivity index (χ2n) is 32.8. The van der Waals surface area contributed by atoms with E-state index in [1.165, 1.54) is 116 Å². The highest BCUT2D eigenvalue weighted by Crippen LogP contribution is 2.43. The highest BCUT2D eigenvalue weighted by Gasteiger charge is 2.44. The maximum absolute atomic E-state index is 12.3. The van der Waals surface area contributed by atoms with Crippen LogP contribution in [0.2, 0.25) is 0 Å². The maximum Gasteiger partial charge on any atom is 0.312 e. The Morgan fingerprint density at radius 1 is 0.305 bits per heavy atom. The Bertz CT molecular complexity index is 2120. The van der Waals surface area contributed by atoms with E-state index in [-0.39, 0.29) is 118 Å². The van der Waals surface area contributed by atoms with E-state index in [9.17, 15) is 28.8 Å². The zero-order chi connectivity index (χ0) is 71.0. The average molecular weight is 1350 g/mol. The minimum absolute atomic E-state index is 0. The lowest BCUT2D eigenvalue weighted by Crippen LogP contribution is -2.45. The number of esters is 6. The summed E-state index contributed by atoms with van der Waals surface area (Å²) >= 11 is 0. The van der Waals surface area contributed by atoms with Crippen molar-refractivity contribution in [2.45, 2.75) is 452 Å². The van der Waals surface area contributed by atoms with Crippen LogP contribution in [-0.2, 0) is 57.2 Å². The van der Waals surface area contributed by atoms with E-state index in [0.717, 1.165) is 128 Å². The van der Waals surface area contributed by atoms with Gasteiger partial charge in [-0.15, -0.1) is 0 Å². The molecule has 562 valence electrons. The van der Waals surface area contributed by atoms with Crippen LogP contribution in [0.4, 0.5) is 0 Å². The third-order valence-corrected chi connectivity index (χ3v) is 23.4. The molecule has 0 aromatic carbocycles. The lowest BCUT2D eigenvalue weighted by Gasteiger charge is -2.42. The maximum atomic E-state index is 12.3. The molecular weight excluding hydrogens is 1190 g/mol. The minimum Gasteiger partial charge on any atom is -0.459 e. The van der Waals surface area contributed by atoms with Crippen LogP contribution < -0.4 is 0 Å². The van der Waals surface area contributed by atoms with Crippen LogP contribution in [0.15, 0.2) is 0 Å². The summed E-state index contributed by atoms with van der Waals surface area (Å²) in [6, 6.07) is 0. The van der Waals surface area contributed by atoms with Crippen LogP contribution in [0.1, 0.15) is 418 Å². The standard InChI is InChI=1S/C15H28O2.2C14H26O2.2C13H24O2.C12H22O2.2CH4/c1-6-14(4,5)13(16)17-15(12(2)3)10-8-7-9-11-15;1-5-12(4)13(15)16-14(11(2)3)9-7-6-8-10-14;1-5-13(3,4)12(15)16-14(6-2)10-8-7-9-11-14;1-5-12(2,3)11(14)15-13(4)9-7-6-8-10-13;1-4-11(3)12(14)15-13(5-2)9-7-6-8-10-13;1-4-10(2)11(13)14-12(3)8-6-5-7-9-12;;/h12H,6-11H2,1-5H3;11-12H,5-10H2,1-4H3;5-11H2,1-4H3;5-10H2,1-4H3;11H,4-10H2,1-3H3;10H,4-9H2,1-3H3;2*1H4. The van der Waals surface area contributed by atoms with Crippen LogP contribution in [0.25, 0.3) is 0 Å². The summed E-state index contributed by atoms with van der Waals surface area (Å²) < 4.78 is 34.7. The van der Waals surface area contributed by atoms with Crippen molar-refractivity contribution in [3.05, 3.63) is 0 Å². The normalized spacial score (nSPS) is 20.9. The predicted octanol–water partition coefficient (Wildman–Crippen LogP) is 24.3.